The number of imidazole rings is 1. The standard InChI is InChI=1S/C23H18N4O2S/c1-29-13-9-11-14(12-10-13)30-18-8-4-7-17-19(18)21(24)20(23(28)27-17)22-25-15-5-2-3-6-16(15)26-22/h2-12H,1H3,(H,25,26)(H3,24,27,28). The summed E-state index contributed by atoms with van der Waals surface area (Å²) in [5, 5.41) is 0.799. The second kappa shape index (κ2) is 7.27. The highest BCUT2D eigenvalue weighted by molar-refractivity contribution is 7.99. The molecular formula is C23H18N4O2S. The number of nitrogen functional groups attached to an aromatic ring is 1. The van der Waals surface area contributed by atoms with E-state index in [-0.39, 0.29) is 5.56 Å². The molecule has 0 radical (unpaired) electrons. The molecule has 6 nitrogen and oxygen atoms in total. The zero-order chi connectivity index (χ0) is 20.7. The maximum Gasteiger partial charge on any atom is 0.261 e. The van der Waals surface area contributed by atoms with Crippen LogP contribution in [0.25, 0.3) is 33.3 Å². The van der Waals surface area contributed by atoms with Gasteiger partial charge < -0.3 is 20.4 Å². The Morgan fingerprint density at radius 3 is 2.47 bits per heavy atom. The zero-order valence-corrected chi connectivity index (χ0v) is 16.9. The van der Waals surface area contributed by atoms with E-state index in [1.165, 1.54) is 0 Å². The Morgan fingerprint density at radius 2 is 1.70 bits per heavy atom. The van der Waals surface area contributed by atoms with Crippen molar-refractivity contribution in [3.63, 3.8) is 0 Å². The van der Waals surface area contributed by atoms with E-state index in [1.54, 1.807) is 18.9 Å². The van der Waals surface area contributed by atoms with Crippen molar-refractivity contribution in [2.24, 2.45) is 0 Å². The van der Waals surface area contributed by atoms with Crippen LogP contribution in [0.2, 0.25) is 0 Å². The van der Waals surface area contributed by atoms with E-state index in [9.17, 15) is 4.79 Å². The highest BCUT2D eigenvalue weighted by atomic mass is 32.2. The molecule has 0 fully saturated rings. The third-order valence-corrected chi connectivity index (χ3v) is 6.02. The number of anilines is 1. The summed E-state index contributed by atoms with van der Waals surface area (Å²) in [7, 11) is 1.64. The van der Waals surface area contributed by atoms with E-state index < -0.39 is 0 Å². The Hall–Kier alpha value is -3.71. The fourth-order valence-electron chi connectivity index (χ4n) is 3.51. The van der Waals surface area contributed by atoms with Crippen molar-refractivity contribution in [2.45, 2.75) is 9.79 Å². The average Bonchev–Trinajstić information content (AvgIpc) is 3.17. The third-order valence-electron chi connectivity index (χ3n) is 4.95. The number of aromatic nitrogens is 3. The average molecular weight is 414 g/mol. The van der Waals surface area contributed by atoms with Gasteiger partial charge in [-0.2, -0.15) is 0 Å². The summed E-state index contributed by atoms with van der Waals surface area (Å²) < 4.78 is 5.23. The van der Waals surface area contributed by atoms with Gasteiger partial charge in [0.15, 0.2) is 0 Å². The number of rotatable bonds is 4. The molecule has 4 N–H and O–H groups in total. The van der Waals surface area contributed by atoms with Crippen LogP contribution in [0.5, 0.6) is 5.75 Å². The summed E-state index contributed by atoms with van der Waals surface area (Å²) in [6, 6.07) is 21.2. The van der Waals surface area contributed by atoms with Crippen LogP contribution in [0, 0.1) is 0 Å². The predicted molar refractivity (Wildman–Crippen MR) is 121 cm³/mol. The molecule has 0 bridgehead atoms. The van der Waals surface area contributed by atoms with E-state index in [1.807, 2.05) is 66.7 Å². The lowest BCUT2D eigenvalue weighted by Crippen LogP contribution is -2.13. The highest BCUT2D eigenvalue weighted by Gasteiger charge is 2.18. The number of benzene rings is 3. The summed E-state index contributed by atoms with van der Waals surface area (Å²) in [4.78, 5) is 25.6. The number of nitrogens with one attached hydrogen (secondary N) is 2. The number of nitrogens with two attached hydrogens (primary N) is 1. The second-order valence-corrected chi connectivity index (χ2v) is 7.92. The van der Waals surface area contributed by atoms with Gasteiger partial charge in [0.2, 0.25) is 0 Å². The number of nitrogens with zero attached hydrogens (tertiary/aromatic N) is 1. The van der Waals surface area contributed by atoms with Gasteiger partial charge >= 0.3 is 0 Å². The molecule has 0 aliphatic carbocycles. The summed E-state index contributed by atoms with van der Waals surface area (Å²) in [6.45, 7) is 0. The van der Waals surface area contributed by atoms with Crippen molar-refractivity contribution in [1.29, 1.82) is 0 Å². The largest absolute Gasteiger partial charge is 0.497 e. The Balaban J connectivity index is 1.68. The van der Waals surface area contributed by atoms with Crippen molar-refractivity contribution in [1.82, 2.24) is 15.0 Å². The van der Waals surface area contributed by atoms with Gasteiger partial charge in [0.1, 0.15) is 17.1 Å². The first-order valence-corrected chi connectivity index (χ1v) is 10.2. The lowest BCUT2D eigenvalue weighted by atomic mass is 10.1. The molecule has 0 spiro atoms. The Labute approximate surface area is 176 Å². The van der Waals surface area contributed by atoms with Gasteiger partial charge in [0.25, 0.3) is 5.56 Å². The number of fused-ring (bicyclic) bond motifs is 2. The molecule has 0 saturated heterocycles. The minimum absolute atomic E-state index is 0.273. The molecule has 7 heteroatoms. The number of hydrogen-bond donors (Lipinski definition) is 3. The SMILES string of the molecule is COc1ccc(Sc2cccc3[nH]c(=O)c(-c4nc5ccccc5[nH]4)c(N)c23)cc1. The molecule has 0 aliphatic rings. The molecule has 30 heavy (non-hydrogen) atoms. The molecule has 0 saturated carbocycles. The van der Waals surface area contributed by atoms with Crippen molar-refractivity contribution in [3.8, 4) is 17.1 Å². The van der Waals surface area contributed by atoms with Gasteiger partial charge in [0, 0.05) is 15.2 Å². The first-order valence-electron chi connectivity index (χ1n) is 9.35. The van der Waals surface area contributed by atoms with Gasteiger partial charge in [-0.15, -0.1) is 0 Å². The molecule has 0 amide bonds. The van der Waals surface area contributed by atoms with E-state index in [4.69, 9.17) is 10.5 Å². The number of pyridine rings is 1. The maximum atomic E-state index is 12.9. The van der Waals surface area contributed by atoms with Gasteiger partial charge in [-0.3, -0.25) is 4.79 Å². The summed E-state index contributed by atoms with van der Waals surface area (Å²) in [5.74, 6) is 1.26. The van der Waals surface area contributed by atoms with Crippen LogP contribution in [0.3, 0.4) is 0 Å². The highest BCUT2D eigenvalue weighted by Crippen LogP contribution is 2.38. The molecule has 0 atom stereocenters. The van der Waals surface area contributed by atoms with Crippen molar-refractivity contribution in [2.75, 3.05) is 12.8 Å². The van der Waals surface area contributed by atoms with Crippen LogP contribution >= 0.6 is 11.8 Å². The maximum absolute atomic E-state index is 12.9. The van der Waals surface area contributed by atoms with Gasteiger partial charge in [-0.25, -0.2) is 4.98 Å². The monoisotopic (exact) mass is 414 g/mol. The Kier molecular flexibility index (Phi) is 4.44. The first kappa shape index (κ1) is 18.3. The molecule has 3 aromatic carbocycles. The second-order valence-electron chi connectivity index (χ2n) is 6.80. The molecule has 2 heterocycles. The van der Waals surface area contributed by atoms with E-state index >= 15 is 0 Å². The lowest BCUT2D eigenvalue weighted by molar-refractivity contribution is 0.414. The van der Waals surface area contributed by atoms with Crippen LogP contribution in [-0.2, 0) is 0 Å². The summed E-state index contributed by atoms with van der Waals surface area (Å²) in [5.41, 5.74) is 9.37. The van der Waals surface area contributed by atoms with E-state index in [2.05, 4.69) is 15.0 Å². The molecule has 0 aliphatic heterocycles. The smallest absolute Gasteiger partial charge is 0.261 e. The van der Waals surface area contributed by atoms with Crippen LogP contribution in [0.15, 0.2) is 81.3 Å². The molecule has 148 valence electrons. The van der Waals surface area contributed by atoms with E-state index in [0.717, 1.165) is 32.0 Å². The third kappa shape index (κ3) is 3.09. The zero-order valence-electron chi connectivity index (χ0n) is 16.1. The quantitative estimate of drug-likeness (QED) is 0.392. The minimum atomic E-state index is -0.273. The number of methoxy groups -OCH3 is 1. The number of ether oxygens (including phenoxy) is 1. The summed E-state index contributed by atoms with van der Waals surface area (Å²) in [6.07, 6.45) is 0. The van der Waals surface area contributed by atoms with Crippen LogP contribution < -0.4 is 16.0 Å². The fraction of sp³-hybridized carbons (Fsp3) is 0.0435. The first-order chi connectivity index (χ1) is 14.6. The van der Waals surface area contributed by atoms with Crippen LogP contribution in [-0.4, -0.2) is 22.1 Å². The topological polar surface area (TPSA) is 96.8 Å². The fourth-order valence-corrected chi connectivity index (χ4v) is 4.50. The predicted octanol–water partition coefficient (Wildman–Crippen LogP) is 4.81. The summed E-state index contributed by atoms with van der Waals surface area (Å²) >= 11 is 1.58. The van der Waals surface area contributed by atoms with Crippen molar-refractivity contribution >= 4 is 39.4 Å². The molecule has 5 aromatic rings. The number of H-pyrrole nitrogens is 2. The molecule has 2 aromatic heterocycles. The normalized spacial score (nSPS) is 11.2. The Morgan fingerprint density at radius 1 is 0.933 bits per heavy atom. The van der Waals surface area contributed by atoms with Gasteiger partial charge in [0.05, 0.1) is 29.3 Å². The molecular weight excluding hydrogens is 396 g/mol. The van der Waals surface area contributed by atoms with E-state index in [0.29, 0.717) is 22.6 Å². The molecule has 0 unspecified atom stereocenters. The number of para-hydroxylation sites is 2. The molecule has 5 rings (SSSR count). The number of hydrogen-bond acceptors (Lipinski definition) is 5. The lowest BCUT2D eigenvalue weighted by Gasteiger charge is -2.11. The van der Waals surface area contributed by atoms with Crippen LogP contribution in [0.1, 0.15) is 0 Å². The minimum Gasteiger partial charge on any atom is -0.497 e. The Bertz CT molecular complexity index is 1400. The van der Waals surface area contributed by atoms with Crippen molar-refractivity contribution < 1.29 is 4.74 Å². The number of aromatic amines is 2. The van der Waals surface area contributed by atoms with Crippen LogP contribution in [0.4, 0.5) is 5.69 Å². The van der Waals surface area contributed by atoms with Gasteiger partial charge in [-0.05, 0) is 48.5 Å². The van der Waals surface area contributed by atoms with Gasteiger partial charge in [-0.1, -0.05) is 30.0 Å². The van der Waals surface area contributed by atoms with Crippen molar-refractivity contribution in [3.05, 3.63) is 77.1 Å².